The first-order chi connectivity index (χ1) is 9.18. The van der Waals surface area contributed by atoms with Crippen LogP contribution in [0.4, 0.5) is 0 Å². The van der Waals surface area contributed by atoms with E-state index in [1.54, 1.807) is 30.3 Å². The fraction of sp³-hybridized carbons (Fsp3) is 0.0667. The molecule has 2 nitrogen and oxygen atoms in total. The summed E-state index contributed by atoms with van der Waals surface area (Å²) in [6.45, 7) is 0. The van der Waals surface area contributed by atoms with Gasteiger partial charge >= 0.3 is 0 Å². The van der Waals surface area contributed by atoms with E-state index < -0.39 is 8.87 Å². The molecule has 2 aromatic carbocycles. The van der Waals surface area contributed by atoms with Crippen LogP contribution in [-0.4, -0.2) is 14.2 Å². The van der Waals surface area contributed by atoms with E-state index in [0.717, 1.165) is 16.4 Å². The molecule has 0 aliphatic heterocycles. The van der Waals surface area contributed by atoms with Crippen LogP contribution in [0, 0.1) is 0 Å². The van der Waals surface area contributed by atoms with Crippen LogP contribution in [0.15, 0.2) is 71.6 Å². The van der Waals surface area contributed by atoms with Crippen LogP contribution in [-0.2, 0) is 8.87 Å². The number of rotatable bonds is 5. The lowest BCUT2D eigenvalue weighted by Gasteiger charge is -2.00. The summed E-state index contributed by atoms with van der Waals surface area (Å²) in [5.74, 6) is 0.437. The van der Waals surface area contributed by atoms with Crippen LogP contribution < -0.4 is 0 Å². The molecule has 2 rings (SSSR count). The molecule has 0 heterocycles. The Morgan fingerprint density at radius 2 is 1.47 bits per heavy atom. The average molecular weight is 290 g/mol. The van der Waals surface area contributed by atoms with Crippen molar-refractivity contribution in [2.75, 3.05) is 5.75 Å². The Labute approximate surface area is 117 Å². The Morgan fingerprint density at radius 1 is 0.895 bits per heavy atom. The molecule has 0 amide bonds. The molecule has 19 heavy (non-hydrogen) atoms. The normalized spacial score (nSPS) is 11.8. The predicted octanol–water partition coefficient (Wildman–Crippen LogP) is 3.82. The second-order valence-corrected chi connectivity index (χ2v) is 7.84. The molecule has 0 radical (unpaired) electrons. The zero-order valence-corrected chi connectivity index (χ0v) is 11.9. The molecular formula is C15H14O2S2. The van der Waals surface area contributed by atoms with Crippen molar-refractivity contribution in [3.05, 3.63) is 72.3 Å². The lowest BCUT2D eigenvalue weighted by molar-refractivity contribution is 0.610. The van der Waals surface area contributed by atoms with Gasteiger partial charge in [0, 0.05) is 5.75 Å². The molecular weight excluding hydrogens is 276 g/mol. The molecule has 0 aliphatic carbocycles. The minimum atomic E-state index is -3.25. The van der Waals surface area contributed by atoms with Crippen molar-refractivity contribution < 1.29 is 8.42 Å². The second kappa shape index (κ2) is 6.59. The van der Waals surface area contributed by atoms with Gasteiger partial charge in [-0.05, 0) is 28.5 Å². The smallest absolute Gasteiger partial charge is 0.212 e. The third-order valence-corrected chi connectivity index (χ3v) is 5.87. The maximum Gasteiger partial charge on any atom is 0.230 e. The molecule has 2 aromatic rings. The first-order valence-electron chi connectivity index (χ1n) is 5.84. The van der Waals surface area contributed by atoms with Gasteiger partial charge in [-0.25, -0.2) is 8.42 Å². The third-order valence-electron chi connectivity index (χ3n) is 2.46. The summed E-state index contributed by atoms with van der Waals surface area (Å²) in [5.41, 5.74) is 1.07. The first-order valence-corrected chi connectivity index (χ1v) is 8.83. The van der Waals surface area contributed by atoms with Gasteiger partial charge in [-0.1, -0.05) is 60.7 Å². The largest absolute Gasteiger partial charge is 0.230 e. The maximum atomic E-state index is 12.0. The van der Waals surface area contributed by atoms with Crippen LogP contribution in [0.2, 0.25) is 0 Å². The van der Waals surface area contributed by atoms with E-state index in [-0.39, 0.29) is 0 Å². The van der Waals surface area contributed by atoms with Gasteiger partial charge in [0.2, 0.25) is 8.87 Å². The summed E-state index contributed by atoms with van der Waals surface area (Å²) in [7, 11) is -2.31. The van der Waals surface area contributed by atoms with Crippen LogP contribution in [0.25, 0.3) is 6.08 Å². The summed E-state index contributed by atoms with van der Waals surface area (Å²) < 4.78 is 23.9. The molecule has 0 atom stereocenters. The SMILES string of the molecule is O=S(=O)(SCC=Cc1ccccc1)c1ccccc1. The zero-order valence-electron chi connectivity index (χ0n) is 10.3. The average Bonchev–Trinajstić information content (AvgIpc) is 2.46. The van der Waals surface area contributed by atoms with E-state index in [9.17, 15) is 8.42 Å². The van der Waals surface area contributed by atoms with Gasteiger partial charge in [-0.15, -0.1) is 0 Å². The van der Waals surface area contributed by atoms with Crippen LogP contribution >= 0.6 is 10.8 Å². The highest BCUT2D eigenvalue weighted by molar-refractivity contribution is 8.72. The second-order valence-electron chi connectivity index (χ2n) is 3.86. The van der Waals surface area contributed by atoms with Crippen molar-refractivity contribution in [2.45, 2.75) is 4.90 Å². The van der Waals surface area contributed by atoms with Gasteiger partial charge in [-0.3, -0.25) is 0 Å². The van der Waals surface area contributed by atoms with Crippen LogP contribution in [0.3, 0.4) is 0 Å². The molecule has 0 aromatic heterocycles. The van der Waals surface area contributed by atoms with E-state index in [2.05, 4.69) is 0 Å². The van der Waals surface area contributed by atoms with E-state index in [0.29, 0.717) is 10.6 Å². The van der Waals surface area contributed by atoms with Gasteiger partial charge in [0.15, 0.2) is 0 Å². The lowest BCUT2D eigenvalue weighted by atomic mass is 10.2. The van der Waals surface area contributed by atoms with Crippen molar-refractivity contribution in [3.8, 4) is 0 Å². The molecule has 0 unspecified atom stereocenters. The van der Waals surface area contributed by atoms with Crippen LogP contribution in [0.5, 0.6) is 0 Å². The Balaban J connectivity index is 1.95. The Kier molecular flexibility index (Phi) is 4.82. The summed E-state index contributed by atoms with van der Waals surface area (Å²) in [6.07, 6.45) is 3.79. The topological polar surface area (TPSA) is 34.1 Å². The molecule has 0 aliphatic rings. The van der Waals surface area contributed by atoms with Crippen molar-refractivity contribution in [3.63, 3.8) is 0 Å². The van der Waals surface area contributed by atoms with Crippen molar-refractivity contribution in [1.82, 2.24) is 0 Å². The van der Waals surface area contributed by atoms with Gasteiger partial charge in [-0.2, -0.15) is 0 Å². The van der Waals surface area contributed by atoms with Crippen molar-refractivity contribution >= 4 is 25.7 Å². The summed E-state index contributed by atoms with van der Waals surface area (Å²) in [6, 6.07) is 18.3. The Bertz CT molecular complexity index is 632. The van der Waals surface area contributed by atoms with Gasteiger partial charge in [0.25, 0.3) is 0 Å². The molecule has 0 spiro atoms. The minimum Gasteiger partial charge on any atom is -0.212 e. The third kappa shape index (κ3) is 4.26. The van der Waals surface area contributed by atoms with Crippen molar-refractivity contribution in [2.24, 2.45) is 0 Å². The summed E-state index contributed by atoms with van der Waals surface area (Å²) in [5, 5.41) is 0. The zero-order chi connectivity index (χ0) is 13.6. The highest BCUT2D eigenvalue weighted by Crippen LogP contribution is 2.23. The number of hydrogen-bond acceptors (Lipinski definition) is 3. The maximum absolute atomic E-state index is 12.0. The first kappa shape index (κ1) is 13.9. The van der Waals surface area contributed by atoms with Crippen molar-refractivity contribution in [1.29, 1.82) is 0 Å². The quantitative estimate of drug-likeness (QED) is 0.785. The molecule has 0 fully saturated rings. The van der Waals surface area contributed by atoms with Gasteiger partial charge < -0.3 is 0 Å². The monoisotopic (exact) mass is 290 g/mol. The molecule has 0 N–H and O–H groups in total. The summed E-state index contributed by atoms with van der Waals surface area (Å²) >= 11 is 0. The fourth-order valence-corrected chi connectivity index (χ4v) is 4.03. The summed E-state index contributed by atoms with van der Waals surface area (Å²) in [4.78, 5) is 0.355. The van der Waals surface area contributed by atoms with E-state index in [4.69, 9.17) is 0 Å². The van der Waals surface area contributed by atoms with E-state index >= 15 is 0 Å². The molecule has 4 heteroatoms. The molecule has 0 saturated carbocycles. The number of hydrogen-bond donors (Lipinski definition) is 0. The molecule has 0 bridgehead atoms. The van der Waals surface area contributed by atoms with Crippen LogP contribution in [0.1, 0.15) is 5.56 Å². The number of benzene rings is 2. The van der Waals surface area contributed by atoms with Gasteiger partial charge in [0.1, 0.15) is 0 Å². The fourth-order valence-electron chi connectivity index (χ4n) is 1.53. The Hall–Kier alpha value is -1.52. The highest BCUT2D eigenvalue weighted by Gasteiger charge is 2.12. The predicted molar refractivity (Wildman–Crippen MR) is 81.6 cm³/mol. The molecule has 98 valence electrons. The van der Waals surface area contributed by atoms with Gasteiger partial charge in [0.05, 0.1) is 4.90 Å². The van der Waals surface area contributed by atoms with E-state index in [1.165, 1.54) is 0 Å². The minimum absolute atomic E-state index is 0.355. The Morgan fingerprint density at radius 3 is 2.11 bits per heavy atom. The lowest BCUT2D eigenvalue weighted by Crippen LogP contribution is -1.95. The molecule has 0 saturated heterocycles. The van der Waals surface area contributed by atoms with E-state index in [1.807, 2.05) is 42.5 Å². The highest BCUT2D eigenvalue weighted by atomic mass is 33.1. The standard InChI is InChI=1S/C15H14O2S2/c16-19(17,15-11-5-2-6-12-15)18-13-7-10-14-8-3-1-4-9-14/h1-12H,13H2.